The van der Waals surface area contributed by atoms with E-state index in [1.54, 1.807) is 7.11 Å². The van der Waals surface area contributed by atoms with Crippen molar-refractivity contribution in [3.63, 3.8) is 0 Å². The summed E-state index contributed by atoms with van der Waals surface area (Å²) in [4.78, 5) is 12.1. The smallest absolute Gasteiger partial charge is 0.228 e. The molecule has 0 spiro atoms. The molecule has 0 aliphatic rings. The van der Waals surface area contributed by atoms with E-state index in [1.807, 2.05) is 37.3 Å². The Kier molecular flexibility index (Phi) is 6.39. The van der Waals surface area contributed by atoms with Gasteiger partial charge < -0.3 is 15.8 Å². The van der Waals surface area contributed by atoms with E-state index in [-0.39, 0.29) is 11.8 Å². The first-order chi connectivity index (χ1) is 8.69. The van der Waals surface area contributed by atoms with Crippen LogP contribution in [0.3, 0.4) is 0 Å². The van der Waals surface area contributed by atoms with Gasteiger partial charge in [-0.1, -0.05) is 37.3 Å². The second kappa shape index (κ2) is 7.84. The van der Waals surface area contributed by atoms with E-state index in [4.69, 9.17) is 10.5 Å². The van der Waals surface area contributed by atoms with Gasteiger partial charge in [-0.05, 0) is 11.5 Å². The fraction of sp³-hybridized carbons (Fsp3) is 0.500. The lowest BCUT2D eigenvalue weighted by Gasteiger charge is -2.17. The van der Waals surface area contributed by atoms with Gasteiger partial charge in [-0.3, -0.25) is 4.79 Å². The molecule has 2 unspecified atom stereocenters. The second-order valence-electron chi connectivity index (χ2n) is 4.50. The van der Waals surface area contributed by atoms with Crippen LogP contribution in [0.1, 0.15) is 18.4 Å². The molecule has 0 saturated heterocycles. The van der Waals surface area contributed by atoms with Crippen LogP contribution >= 0.6 is 0 Å². The summed E-state index contributed by atoms with van der Waals surface area (Å²) in [6, 6.07) is 9.61. The third-order valence-corrected chi connectivity index (χ3v) is 2.83. The monoisotopic (exact) mass is 250 g/mol. The fourth-order valence-electron chi connectivity index (χ4n) is 1.82. The Hall–Kier alpha value is -1.39. The lowest BCUT2D eigenvalue weighted by Crippen LogP contribution is -2.36. The van der Waals surface area contributed by atoms with Crippen molar-refractivity contribution < 1.29 is 9.53 Å². The highest BCUT2D eigenvalue weighted by Crippen LogP contribution is 2.14. The van der Waals surface area contributed by atoms with Gasteiger partial charge in [0.1, 0.15) is 0 Å². The first-order valence-electron chi connectivity index (χ1n) is 6.20. The van der Waals surface area contributed by atoms with Crippen molar-refractivity contribution in [2.24, 2.45) is 11.7 Å². The number of carbonyl (C=O) groups excluding carboxylic acids is 1. The van der Waals surface area contributed by atoms with Gasteiger partial charge in [0.15, 0.2) is 0 Å². The van der Waals surface area contributed by atoms with E-state index in [0.29, 0.717) is 25.6 Å². The summed E-state index contributed by atoms with van der Waals surface area (Å²) in [6.07, 6.45) is 0. The number of rotatable bonds is 7. The first kappa shape index (κ1) is 14.7. The summed E-state index contributed by atoms with van der Waals surface area (Å²) >= 11 is 0. The summed E-state index contributed by atoms with van der Waals surface area (Å²) in [5.41, 5.74) is 6.64. The minimum atomic E-state index is -0.277. The van der Waals surface area contributed by atoms with Crippen molar-refractivity contribution in [1.29, 1.82) is 0 Å². The summed E-state index contributed by atoms with van der Waals surface area (Å²) in [5, 5.41) is 2.92. The molecule has 0 aliphatic carbocycles. The fourth-order valence-corrected chi connectivity index (χ4v) is 1.82. The molecule has 1 rings (SSSR count). The van der Waals surface area contributed by atoms with Gasteiger partial charge in [0.2, 0.25) is 5.91 Å². The molecule has 0 bridgehead atoms. The Balaban J connectivity index is 2.53. The van der Waals surface area contributed by atoms with Crippen LogP contribution in [0.5, 0.6) is 0 Å². The summed E-state index contributed by atoms with van der Waals surface area (Å²) in [6.45, 7) is 3.59. The predicted molar refractivity (Wildman–Crippen MR) is 72.3 cm³/mol. The van der Waals surface area contributed by atoms with E-state index in [9.17, 15) is 4.79 Å². The number of amides is 1. The zero-order valence-corrected chi connectivity index (χ0v) is 11.1. The Morgan fingerprint density at radius 1 is 1.39 bits per heavy atom. The van der Waals surface area contributed by atoms with Crippen LogP contribution in [0.4, 0.5) is 0 Å². The highest BCUT2D eigenvalue weighted by atomic mass is 16.5. The van der Waals surface area contributed by atoms with Crippen molar-refractivity contribution in [2.75, 3.05) is 26.8 Å². The van der Waals surface area contributed by atoms with Crippen LogP contribution in [0.15, 0.2) is 30.3 Å². The van der Waals surface area contributed by atoms with Crippen LogP contribution in [0, 0.1) is 5.92 Å². The van der Waals surface area contributed by atoms with Crippen molar-refractivity contribution in [3.8, 4) is 0 Å². The lowest BCUT2D eigenvalue weighted by molar-refractivity contribution is -0.122. The molecule has 18 heavy (non-hydrogen) atoms. The van der Waals surface area contributed by atoms with Crippen molar-refractivity contribution in [3.05, 3.63) is 35.9 Å². The molecular formula is C14H22N2O2. The van der Waals surface area contributed by atoms with Gasteiger partial charge in [0.05, 0.1) is 12.5 Å². The molecular weight excluding hydrogens is 228 g/mol. The Morgan fingerprint density at radius 2 is 2.06 bits per heavy atom. The molecule has 0 aliphatic heterocycles. The average molecular weight is 250 g/mol. The second-order valence-corrected chi connectivity index (χ2v) is 4.50. The van der Waals surface area contributed by atoms with Crippen molar-refractivity contribution >= 4 is 5.91 Å². The summed E-state index contributed by atoms with van der Waals surface area (Å²) < 4.78 is 5.03. The molecule has 0 aromatic heterocycles. The topological polar surface area (TPSA) is 64.3 Å². The van der Waals surface area contributed by atoms with Gasteiger partial charge in [0, 0.05) is 20.2 Å². The Bertz CT molecular complexity index is 354. The van der Waals surface area contributed by atoms with Crippen molar-refractivity contribution in [2.45, 2.75) is 12.8 Å². The molecule has 3 N–H and O–H groups in total. The highest BCUT2D eigenvalue weighted by Gasteiger charge is 2.18. The van der Waals surface area contributed by atoms with Crippen LogP contribution < -0.4 is 11.1 Å². The van der Waals surface area contributed by atoms with Crippen LogP contribution in [-0.4, -0.2) is 32.7 Å². The van der Waals surface area contributed by atoms with Gasteiger partial charge in [-0.15, -0.1) is 0 Å². The number of ether oxygens (including phenoxy) is 1. The average Bonchev–Trinajstić information content (AvgIpc) is 2.39. The van der Waals surface area contributed by atoms with E-state index < -0.39 is 0 Å². The van der Waals surface area contributed by atoms with Gasteiger partial charge in [-0.2, -0.15) is 0 Å². The van der Waals surface area contributed by atoms with E-state index in [1.165, 1.54) is 0 Å². The molecule has 0 heterocycles. The number of carbonyl (C=O) groups is 1. The van der Waals surface area contributed by atoms with Crippen LogP contribution in [-0.2, 0) is 9.53 Å². The van der Waals surface area contributed by atoms with E-state index in [0.717, 1.165) is 5.56 Å². The molecule has 4 nitrogen and oxygen atoms in total. The van der Waals surface area contributed by atoms with E-state index in [2.05, 4.69) is 5.32 Å². The van der Waals surface area contributed by atoms with Gasteiger partial charge in [0.25, 0.3) is 0 Å². The van der Waals surface area contributed by atoms with Crippen LogP contribution in [0.25, 0.3) is 0 Å². The first-order valence-corrected chi connectivity index (χ1v) is 6.20. The van der Waals surface area contributed by atoms with Gasteiger partial charge >= 0.3 is 0 Å². The number of benzene rings is 1. The zero-order valence-electron chi connectivity index (χ0n) is 11.1. The van der Waals surface area contributed by atoms with Crippen molar-refractivity contribution in [1.82, 2.24) is 5.32 Å². The summed E-state index contributed by atoms with van der Waals surface area (Å²) in [7, 11) is 1.66. The molecule has 100 valence electrons. The SMILES string of the molecule is COCC(C)CNC(=O)C(CN)c1ccccc1. The minimum Gasteiger partial charge on any atom is -0.384 e. The Labute approximate surface area is 109 Å². The molecule has 0 radical (unpaired) electrons. The number of nitrogens with one attached hydrogen (secondary N) is 1. The maximum absolute atomic E-state index is 12.1. The Morgan fingerprint density at radius 3 is 2.61 bits per heavy atom. The molecule has 1 amide bonds. The minimum absolute atomic E-state index is 0.0216. The van der Waals surface area contributed by atoms with E-state index >= 15 is 0 Å². The molecule has 1 aromatic rings. The molecule has 2 atom stereocenters. The van der Waals surface area contributed by atoms with Crippen LogP contribution in [0.2, 0.25) is 0 Å². The maximum atomic E-state index is 12.1. The maximum Gasteiger partial charge on any atom is 0.228 e. The molecule has 4 heteroatoms. The predicted octanol–water partition coefficient (Wildman–Crippen LogP) is 1.13. The summed E-state index contributed by atoms with van der Waals surface area (Å²) in [5.74, 6) is 0.000691. The number of hydrogen-bond donors (Lipinski definition) is 2. The lowest BCUT2D eigenvalue weighted by atomic mass is 9.98. The standard InChI is InChI=1S/C14H22N2O2/c1-11(10-18-2)9-16-14(17)13(8-15)12-6-4-3-5-7-12/h3-7,11,13H,8-10,15H2,1-2H3,(H,16,17). The molecule has 0 saturated carbocycles. The largest absolute Gasteiger partial charge is 0.384 e. The third kappa shape index (κ3) is 4.47. The molecule has 0 fully saturated rings. The number of methoxy groups -OCH3 is 1. The van der Waals surface area contributed by atoms with Gasteiger partial charge in [-0.25, -0.2) is 0 Å². The number of nitrogens with two attached hydrogens (primary N) is 1. The zero-order chi connectivity index (χ0) is 13.4. The quantitative estimate of drug-likeness (QED) is 0.762. The third-order valence-electron chi connectivity index (χ3n) is 2.83. The highest BCUT2D eigenvalue weighted by molar-refractivity contribution is 5.83. The number of hydrogen-bond acceptors (Lipinski definition) is 3. The molecule has 1 aromatic carbocycles. The normalized spacial score (nSPS) is 13.9.